The third kappa shape index (κ3) is 4.03. The van der Waals surface area contributed by atoms with Crippen molar-refractivity contribution >= 4 is 5.97 Å². The molecule has 1 heterocycles. The molecule has 144 valence electrons. The minimum atomic E-state index is -2.97. The first-order valence-electron chi connectivity index (χ1n) is 7.93. The number of rotatable bonds is 5. The van der Waals surface area contributed by atoms with Crippen LogP contribution in [0, 0.1) is 5.82 Å². The second-order valence-electron chi connectivity index (χ2n) is 5.53. The number of nitrogens with zero attached hydrogens (tertiary/aromatic N) is 2. The zero-order valence-corrected chi connectivity index (χ0v) is 14.4. The minimum Gasteiger partial charge on any atom is -0.465 e. The summed E-state index contributed by atoms with van der Waals surface area (Å²) in [6.07, 6.45) is 0. The topological polar surface area (TPSA) is 70.4 Å². The van der Waals surface area contributed by atoms with Gasteiger partial charge in [0.05, 0.1) is 18.5 Å². The molecule has 0 fully saturated rings. The summed E-state index contributed by atoms with van der Waals surface area (Å²) in [6, 6.07) is 11.8. The number of methoxy groups -OCH3 is 1. The third-order valence-electron chi connectivity index (χ3n) is 3.74. The zero-order valence-electron chi connectivity index (χ0n) is 14.4. The standard InChI is InChI=1S/C19H13F3N2O4/c1-27-18(26)15-10-16(11-5-7-14(8-6-11)28-19(21)22)23-24(17(15)25)13-4-2-3-12(20)9-13/h2-10,19H,1H3. The molecular weight excluding hydrogens is 377 g/mol. The summed E-state index contributed by atoms with van der Waals surface area (Å²) in [5.41, 5.74) is -0.414. The van der Waals surface area contributed by atoms with E-state index in [9.17, 15) is 22.8 Å². The quantitative estimate of drug-likeness (QED) is 0.625. The number of alkyl halides is 2. The van der Waals surface area contributed by atoms with E-state index in [1.165, 1.54) is 48.5 Å². The normalized spacial score (nSPS) is 10.8. The van der Waals surface area contributed by atoms with Gasteiger partial charge in [-0.05, 0) is 48.5 Å². The highest BCUT2D eigenvalue weighted by molar-refractivity contribution is 5.90. The van der Waals surface area contributed by atoms with Crippen LogP contribution in [0.15, 0.2) is 59.4 Å². The van der Waals surface area contributed by atoms with Crippen LogP contribution in [0.1, 0.15) is 10.4 Å². The number of benzene rings is 2. The molecule has 1 aromatic heterocycles. The molecule has 0 N–H and O–H groups in total. The Balaban J connectivity index is 2.15. The molecule has 0 aliphatic carbocycles. The molecule has 28 heavy (non-hydrogen) atoms. The number of aromatic nitrogens is 2. The molecular formula is C19H13F3N2O4. The van der Waals surface area contributed by atoms with Crippen LogP contribution in [0.3, 0.4) is 0 Å². The van der Waals surface area contributed by atoms with Gasteiger partial charge in [-0.15, -0.1) is 0 Å². The molecule has 0 saturated carbocycles. The Kier molecular flexibility index (Phi) is 5.44. The number of ether oxygens (including phenoxy) is 2. The van der Waals surface area contributed by atoms with Crippen LogP contribution < -0.4 is 10.3 Å². The van der Waals surface area contributed by atoms with E-state index in [1.807, 2.05) is 0 Å². The van der Waals surface area contributed by atoms with Crippen molar-refractivity contribution < 1.29 is 27.4 Å². The molecule has 0 aliphatic rings. The number of halogens is 3. The third-order valence-corrected chi connectivity index (χ3v) is 3.74. The van der Waals surface area contributed by atoms with Gasteiger partial charge in [0.2, 0.25) is 0 Å². The first-order valence-corrected chi connectivity index (χ1v) is 7.93. The predicted molar refractivity (Wildman–Crippen MR) is 93.2 cm³/mol. The lowest BCUT2D eigenvalue weighted by atomic mass is 10.1. The van der Waals surface area contributed by atoms with Gasteiger partial charge in [-0.3, -0.25) is 4.79 Å². The summed E-state index contributed by atoms with van der Waals surface area (Å²) >= 11 is 0. The van der Waals surface area contributed by atoms with Gasteiger partial charge in [0.15, 0.2) is 0 Å². The van der Waals surface area contributed by atoms with Crippen LogP contribution in [-0.2, 0) is 4.74 Å². The summed E-state index contributed by atoms with van der Waals surface area (Å²) < 4.78 is 47.9. The lowest BCUT2D eigenvalue weighted by molar-refractivity contribution is -0.0498. The maximum Gasteiger partial charge on any atom is 0.387 e. The van der Waals surface area contributed by atoms with E-state index in [-0.39, 0.29) is 22.7 Å². The molecule has 2 aromatic carbocycles. The highest BCUT2D eigenvalue weighted by Gasteiger charge is 2.18. The van der Waals surface area contributed by atoms with Crippen molar-refractivity contribution in [3.8, 4) is 22.7 Å². The average molecular weight is 390 g/mol. The number of esters is 1. The van der Waals surface area contributed by atoms with Gasteiger partial charge in [0.25, 0.3) is 5.56 Å². The predicted octanol–water partition coefficient (Wildman–Crippen LogP) is 3.43. The van der Waals surface area contributed by atoms with Crippen LogP contribution in [0.2, 0.25) is 0 Å². The fourth-order valence-corrected chi connectivity index (χ4v) is 2.48. The van der Waals surface area contributed by atoms with E-state index in [4.69, 9.17) is 0 Å². The Labute approximate surface area is 156 Å². The molecule has 3 rings (SSSR count). The molecule has 0 saturated heterocycles. The smallest absolute Gasteiger partial charge is 0.387 e. The number of carbonyl (C=O) groups excluding carboxylic acids is 1. The highest BCUT2D eigenvalue weighted by atomic mass is 19.3. The molecule has 3 aromatic rings. The summed E-state index contributed by atoms with van der Waals surface area (Å²) in [6.45, 7) is -2.97. The summed E-state index contributed by atoms with van der Waals surface area (Å²) in [5.74, 6) is -1.55. The molecule has 0 atom stereocenters. The Bertz CT molecular complexity index is 1070. The largest absolute Gasteiger partial charge is 0.465 e. The summed E-state index contributed by atoms with van der Waals surface area (Å²) in [5, 5.41) is 4.16. The number of hydrogen-bond donors (Lipinski definition) is 0. The van der Waals surface area contributed by atoms with Crippen molar-refractivity contribution in [2.75, 3.05) is 7.11 Å². The van der Waals surface area contributed by atoms with Gasteiger partial charge in [-0.25, -0.2) is 9.18 Å². The van der Waals surface area contributed by atoms with Crippen molar-refractivity contribution in [1.29, 1.82) is 0 Å². The van der Waals surface area contributed by atoms with E-state index >= 15 is 0 Å². The Morgan fingerprint density at radius 2 is 1.82 bits per heavy atom. The van der Waals surface area contributed by atoms with Crippen LogP contribution in [-0.4, -0.2) is 29.5 Å². The number of carbonyl (C=O) groups is 1. The second kappa shape index (κ2) is 7.95. The molecule has 0 spiro atoms. The summed E-state index contributed by atoms with van der Waals surface area (Å²) in [4.78, 5) is 24.6. The fourth-order valence-electron chi connectivity index (χ4n) is 2.48. The van der Waals surface area contributed by atoms with Gasteiger partial charge in [0, 0.05) is 5.56 Å². The van der Waals surface area contributed by atoms with Crippen LogP contribution in [0.5, 0.6) is 5.75 Å². The van der Waals surface area contributed by atoms with E-state index < -0.39 is 24.0 Å². The van der Waals surface area contributed by atoms with Gasteiger partial charge < -0.3 is 9.47 Å². The molecule has 0 radical (unpaired) electrons. The maximum atomic E-state index is 13.6. The van der Waals surface area contributed by atoms with Crippen molar-refractivity contribution in [1.82, 2.24) is 9.78 Å². The van der Waals surface area contributed by atoms with Gasteiger partial charge in [0.1, 0.15) is 17.1 Å². The lowest BCUT2D eigenvalue weighted by Gasteiger charge is -2.11. The van der Waals surface area contributed by atoms with Crippen molar-refractivity contribution in [2.24, 2.45) is 0 Å². The first-order chi connectivity index (χ1) is 13.4. The second-order valence-corrected chi connectivity index (χ2v) is 5.53. The highest BCUT2D eigenvalue weighted by Crippen LogP contribution is 2.22. The SMILES string of the molecule is COC(=O)c1cc(-c2ccc(OC(F)F)cc2)nn(-c2cccc(F)c2)c1=O. The fraction of sp³-hybridized carbons (Fsp3) is 0.105. The van der Waals surface area contributed by atoms with Crippen molar-refractivity contribution in [3.63, 3.8) is 0 Å². The monoisotopic (exact) mass is 390 g/mol. The average Bonchev–Trinajstić information content (AvgIpc) is 2.68. The van der Waals surface area contributed by atoms with Gasteiger partial charge >= 0.3 is 12.6 Å². The molecule has 9 heteroatoms. The molecule has 0 aliphatic heterocycles. The Morgan fingerprint density at radius 3 is 2.43 bits per heavy atom. The molecule has 0 amide bonds. The van der Waals surface area contributed by atoms with Crippen molar-refractivity contribution in [2.45, 2.75) is 6.61 Å². The van der Waals surface area contributed by atoms with Crippen LogP contribution in [0.25, 0.3) is 16.9 Å². The van der Waals surface area contributed by atoms with Gasteiger partial charge in [-0.1, -0.05) is 6.07 Å². The van der Waals surface area contributed by atoms with E-state index in [1.54, 1.807) is 0 Å². The molecule has 0 bridgehead atoms. The lowest BCUT2D eigenvalue weighted by Crippen LogP contribution is -2.28. The van der Waals surface area contributed by atoms with E-state index in [0.717, 1.165) is 17.9 Å². The van der Waals surface area contributed by atoms with E-state index in [2.05, 4.69) is 14.6 Å². The van der Waals surface area contributed by atoms with Crippen LogP contribution >= 0.6 is 0 Å². The molecule has 6 nitrogen and oxygen atoms in total. The van der Waals surface area contributed by atoms with Crippen LogP contribution in [0.4, 0.5) is 13.2 Å². The minimum absolute atomic E-state index is 0.0645. The Hall–Kier alpha value is -3.62. The maximum absolute atomic E-state index is 13.6. The van der Waals surface area contributed by atoms with Gasteiger partial charge in [-0.2, -0.15) is 18.6 Å². The number of hydrogen-bond acceptors (Lipinski definition) is 5. The van der Waals surface area contributed by atoms with Crippen molar-refractivity contribution in [3.05, 3.63) is 76.3 Å². The zero-order chi connectivity index (χ0) is 20.3. The summed E-state index contributed by atoms with van der Waals surface area (Å²) in [7, 11) is 1.12. The Morgan fingerprint density at radius 1 is 1.11 bits per heavy atom. The molecule has 0 unspecified atom stereocenters. The first kappa shape index (κ1) is 19.2. The van der Waals surface area contributed by atoms with E-state index in [0.29, 0.717) is 5.56 Å².